The largest absolute Gasteiger partial charge is 0.494 e. The molecule has 3 N–H and O–H groups in total. The van der Waals surface area contributed by atoms with E-state index in [9.17, 15) is 5.11 Å². The van der Waals surface area contributed by atoms with Gasteiger partial charge in [-0.25, -0.2) is 0 Å². The minimum absolute atomic E-state index is 0.0362. The predicted octanol–water partition coefficient (Wildman–Crippen LogP) is 5.38. The average molecular weight is 465 g/mol. The molecule has 4 aromatic rings. The van der Waals surface area contributed by atoms with Crippen molar-refractivity contribution >= 4 is 22.5 Å². The number of aromatic amines is 1. The van der Waals surface area contributed by atoms with Gasteiger partial charge in [0.15, 0.2) is 0 Å². The van der Waals surface area contributed by atoms with Gasteiger partial charge in [-0.2, -0.15) is 0 Å². The van der Waals surface area contributed by atoms with Crippen LogP contribution in [-0.4, -0.2) is 42.5 Å². The van der Waals surface area contributed by atoms with Crippen LogP contribution in [-0.2, 0) is 0 Å². The Hall–Kier alpha value is -2.99. The molecule has 3 aromatic carbocycles. The lowest BCUT2D eigenvalue weighted by Gasteiger charge is -2.21. The van der Waals surface area contributed by atoms with Crippen molar-refractivity contribution in [1.29, 1.82) is 0 Å². The Morgan fingerprint density at radius 2 is 1.58 bits per heavy atom. The van der Waals surface area contributed by atoms with E-state index in [1.54, 1.807) is 0 Å². The molecule has 0 aliphatic carbocycles. The number of hydrogen-bond acceptors (Lipinski definition) is 4. The van der Waals surface area contributed by atoms with Crippen molar-refractivity contribution in [1.82, 2.24) is 10.3 Å². The molecule has 4 rings (SSSR count). The highest BCUT2D eigenvalue weighted by Gasteiger charge is 2.20. The van der Waals surface area contributed by atoms with E-state index in [1.807, 2.05) is 67.7 Å². The molecule has 0 fully saturated rings. The standard InChI is InChI=1S/C27H29ClN2O3/c1-2-32-20-11-13-21(14-12-20)33-18-19(31)15-29-16-24(22-7-3-5-9-26(22)28)25-17-30-27-10-6-4-8-23(25)27/h3-14,17,19,24,29-31H,2,15-16,18H2,1H3/t19-,24-/m0/s1. The molecule has 0 saturated carbocycles. The lowest BCUT2D eigenvalue weighted by Crippen LogP contribution is -2.34. The van der Waals surface area contributed by atoms with Gasteiger partial charge in [0.05, 0.1) is 6.61 Å². The van der Waals surface area contributed by atoms with Crippen LogP contribution in [0.3, 0.4) is 0 Å². The summed E-state index contributed by atoms with van der Waals surface area (Å²) < 4.78 is 11.2. The zero-order valence-electron chi connectivity index (χ0n) is 18.6. The summed E-state index contributed by atoms with van der Waals surface area (Å²) in [5.41, 5.74) is 3.32. The number of ether oxygens (including phenoxy) is 2. The fourth-order valence-corrected chi connectivity index (χ4v) is 4.24. The van der Waals surface area contributed by atoms with Crippen molar-refractivity contribution < 1.29 is 14.6 Å². The Labute approximate surface area is 199 Å². The summed E-state index contributed by atoms with van der Waals surface area (Å²) in [5, 5.41) is 15.7. The number of nitrogens with one attached hydrogen (secondary N) is 2. The zero-order valence-corrected chi connectivity index (χ0v) is 19.4. The number of benzene rings is 3. The molecule has 0 bridgehead atoms. The fourth-order valence-electron chi connectivity index (χ4n) is 3.97. The maximum Gasteiger partial charge on any atom is 0.119 e. The van der Waals surface area contributed by atoms with E-state index in [-0.39, 0.29) is 12.5 Å². The first-order valence-corrected chi connectivity index (χ1v) is 11.6. The molecule has 0 spiro atoms. The van der Waals surface area contributed by atoms with Gasteiger partial charge >= 0.3 is 0 Å². The van der Waals surface area contributed by atoms with Crippen molar-refractivity contribution in [3.8, 4) is 11.5 Å². The zero-order chi connectivity index (χ0) is 23.0. The van der Waals surface area contributed by atoms with E-state index < -0.39 is 6.10 Å². The first kappa shape index (κ1) is 23.2. The summed E-state index contributed by atoms with van der Waals surface area (Å²) in [7, 11) is 0. The van der Waals surface area contributed by atoms with Crippen LogP contribution < -0.4 is 14.8 Å². The molecular formula is C27H29ClN2O3. The number of H-pyrrole nitrogens is 1. The molecule has 33 heavy (non-hydrogen) atoms. The van der Waals surface area contributed by atoms with Crippen LogP contribution >= 0.6 is 11.6 Å². The Morgan fingerprint density at radius 1 is 0.879 bits per heavy atom. The van der Waals surface area contributed by atoms with Crippen LogP contribution in [0, 0.1) is 0 Å². The fraction of sp³-hybridized carbons (Fsp3) is 0.259. The minimum atomic E-state index is -0.647. The molecule has 172 valence electrons. The third kappa shape index (κ3) is 5.88. The van der Waals surface area contributed by atoms with Gasteiger partial charge in [0.1, 0.15) is 24.2 Å². The number of halogens is 1. The summed E-state index contributed by atoms with van der Waals surface area (Å²) in [5.74, 6) is 1.54. The van der Waals surface area contributed by atoms with Gasteiger partial charge in [0.25, 0.3) is 0 Å². The highest BCUT2D eigenvalue weighted by molar-refractivity contribution is 6.31. The molecule has 0 amide bonds. The van der Waals surface area contributed by atoms with E-state index in [0.717, 1.165) is 21.9 Å². The topological polar surface area (TPSA) is 66.5 Å². The van der Waals surface area contributed by atoms with E-state index >= 15 is 0 Å². The van der Waals surface area contributed by atoms with Crippen LogP contribution in [0.15, 0.2) is 79.0 Å². The minimum Gasteiger partial charge on any atom is -0.494 e. The molecular weight excluding hydrogens is 436 g/mol. The molecule has 5 nitrogen and oxygen atoms in total. The van der Waals surface area contributed by atoms with Gasteiger partial charge in [-0.1, -0.05) is 48.0 Å². The Balaban J connectivity index is 1.38. The summed E-state index contributed by atoms with van der Waals surface area (Å²) >= 11 is 6.56. The summed E-state index contributed by atoms with van der Waals surface area (Å²) in [6.45, 7) is 3.80. The highest BCUT2D eigenvalue weighted by Crippen LogP contribution is 2.34. The predicted molar refractivity (Wildman–Crippen MR) is 134 cm³/mol. The van der Waals surface area contributed by atoms with Crippen LogP contribution in [0.25, 0.3) is 10.9 Å². The maximum absolute atomic E-state index is 10.4. The Bertz CT molecular complexity index is 1160. The smallest absolute Gasteiger partial charge is 0.119 e. The van der Waals surface area contributed by atoms with Gasteiger partial charge < -0.3 is 24.9 Å². The van der Waals surface area contributed by atoms with Crippen molar-refractivity contribution in [2.75, 3.05) is 26.3 Å². The van der Waals surface area contributed by atoms with Crippen LogP contribution in [0.5, 0.6) is 11.5 Å². The number of fused-ring (bicyclic) bond motifs is 1. The second-order valence-electron chi connectivity index (χ2n) is 7.89. The average Bonchev–Trinajstić information content (AvgIpc) is 3.26. The molecule has 0 aliphatic heterocycles. The normalized spacial score (nSPS) is 13.1. The van der Waals surface area contributed by atoms with Crippen molar-refractivity contribution in [3.63, 3.8) is 0 Å². The van der Waals surface area contributed by atoms with Crippen molar-refractivity contribution in [2.24, 2.45) is 0 Å². The summed E-state index contributed by atoms with van der Waals surface area (Å²) in [6, 6.07) is 23.6. The third-order valence-corrected chi connectivity index (χ3v) is 5.93. The molecule has 0 unspecified atom stereocenters. The summed E-state index contributed by atoms with van der Waals surface area (Å²) in [4.78, 5) is 3.36. The number of aliphatic hydroxyl groups is 1. The van der Waals surface area contributed by atoms with Gasteiger partial charge in [0, 0.05) is 41.1 Å². The lowest BCUT2D eigenvalue weighted by atomic mass is 9.90. The SMILES string of the molecule is CCOc1ccc(OC[C@@H](O)CNC[C@@H](c2ccccc2Cl)c2c[nH]c3ccccc23)cc1. The number of para-hydroxylation sites is 1. The first-order chi connectivity index (χ1) is 16.2. The van der Waals surface area contributed by atoms with E-state index in [1.165, 1.54) is 10.9 Å². The monoisotopic (exact) mass is 464 g/mol. The number of hydrogen-bond donors (Lipinski definition) is 3. The van der Waals surface area contributed by atoms with E-state index in [2.05, 4.69) is 28.5 Å². The van der Waals surface area contributed by atoms with E-state index in [0.29, 0.717) is 25.4 Å². The molecule has 6 heteroatoms. The van der Waals surface area contributed by atoms with Gasteiger partial charge in [-0.05, 0) is 54.4 Å². The van der Waals surface area contributed by atoms with Gasteiger partial charge in [-0.3, -0.25) is 0 Å². The second kappa shape index (κ2) is 11.2. The van der Waals surface area contributed by atoms with Crippen molar-refractivity contribution in [3.05, 3.63) is 95.1 Å². The third-order valence-electron chi connectivity index (χ3n) is 5.58. The van der Waals surface area contributed by atoms with E-state index in [4.69, 9.17) is 21.1 Å². The number of rotatable bonds is 11. The number of aliphatic hydroxyl groups excluding tert-OH is 1. The lowest BCUT2D eigenvalue weighted by molar-refractivity contribution is 0.106. The second-order valence-corrected chi connectivity index (χ2v) is 8.30. The molecule has 0 saturated heterocycles. The van der Waals surface area contributed by atoms with Crippen LogP contribution in [0.4, 0.5) is 0 Å². The van der Waals surface area contributed by atoms with Gasteiger partial charge in [-0.15, -0.1) is 0 Å². The Kier molecular flexibility index (Phi) is 7.89. The van der Waals surface area contributed by atoms with Crippen LogP contribution in [0.2, 0.25) is 5.02 Å². The highest BCUT2D eigenvalue weighted by atomic mass is 35.5. The van der Waals surface area contributed by atoms with Gasteiger partial charge in [0.2, 0.25) is 0 Å². The van der Waals surface area contributed by atoms with Crippen LogP contribution in [0.1, 0.15) is 24.0 Å². The maximum atomic E-state index is 10.4. The molecule has 1 heterocycles. The molecule has 1 aromatic heterocycles. The molecule has 0 radical (unpaired) electrons. The quantitative estimate of drug-likeness (QED) is 0.279. The first-order valence-electron chi connectivity index (χ1n) is 11.2. The number of aromatic nitrogens is 1. The molecule has 2 atom stereocenters. The molecule has 0 aliphatic rings. The Morgan fingerprint density at radius 3 is 2.33 bits per heavy atom. The summed E-state index contributed by atoms with van der Waals surface area (Å²) in [6.07, 6.45) is 1.40. The van der Waals surface area contributed by atoms with Crippen molar-refractivity contribution in [2.45, 2.75) is 18.9 Å².